The maximum Gasteiger partial charge on any atom is 0.303 e. The summed E-state index contributed by atoms with van der Waals surface area (Å²) in [6, 6.07) is 0. The molecule has 0 aromatic carbocycles. The number of ether oxygens (including phenoxy) is 1. The Kier molecular flexibility index (Phi) is 14.8. The normalized spacial score (nSPS) is 12.2. The number of carbonyl (C=O) groups excluding carboxylic acids is 2. The summed E-state index contributed by atoms with van der Waals surface area (Å²) in [6.45, 7) is 3.51. The van der Waals surface area contributed by atoms with Gasteiger partial charge in [-0.05, 0) is 37.8 Å². The molecular formula is C20H34O5. The second-order valence-electron chi connectivity index (χ2n) is 6.48. The number of allylic oxidation sites excluding steroid dienone is 1. The Balaban J connectivity index is 3.86. The predicted octanol–water partition coefficient (Wildman–Crippen LogP) is 4.83. The molecular weight excluding hydrogens is 320 g/mol. The van der Waals surface area contributed by atoms with Gasteiger partial charge in [-0.3, -0.25) is 14.4 Å². The Labute approximate surface area is 151 Å². The Morgan fingerprint density at radius 3 is 2.08 bits per heavy atom. The van der Waals surface area contributed by atoms with Crippen LogP contribution in [0.2, 0.25) is 0 Å². The first-order valence-corrected chi connectivity index (χ1v) is 9.55. The minimum Gasteiger partial charge on any atom is -0.481 e. The molecule has 0 fully saturated rings. The molecule has 0 saturated heterocycles. The van der Waals surface area contributed by atoms with Gasteiger partial charge in [0, 0.05) is 19.8 Å². The molecule has 0 aromatic rings. The smallest absolute Gasteiger partial charge is 0.303 e. The summed E-state index contributed by atoms with van der Waals surface area (Å²) in [5, 5.41) is 8.54. The molecule has 0 aliphatic heterocycles. The van der Waals surface area contributed by atoms with Crippen molar-refractivity contribution in [2.24, 2.45) is 0 Å². The number of aliphatic carboxylic acids is 1. The van der Waals surface area contributed by atoms with Gasteiger partial charge in [0.15, 0.2) is 5.78 Å². The van der Waals surface area contributed by atoms with Crippen LogP contribution in [0.1, 0.15) is 90.9 Å². The van der Waals surface area contributed by atoms with Crippen LogP contribution in [0.3, 0.4) is 0 Å². The van der Waals surface area contributed by atoms with Crippen molar-refractivity contribution in [1.82, 2.24) is 0 Å². The SMILES string of the molecule is CCCCC[C@H](/C=C/C(=O)CCCCCCCCC(=O)O)OC(C)=O. The van der Waals surface area contributed by atoms with E-state index >= 15 is 0 Å². The zero-order valence-corrected chi connectivity index (χ0v) is 15.8. The third-order valence-corrected chi connectivity index (χ3v) is 3.97. The molecule has 1 N–H and O–H groups in total. The second kappa shape index (κ2) is 15.9. The van der Waals surface area contributed by atoms with E-state index in [1.54, 1.807) is 12.2 Å². The van der Waals surface area contributed by atoms with Crippen LogP contribution in [0.4, 0.5) is 0 Å². The van der Waals surface area contributed by atoms with Crippen molar-refractivity contribution < 1.29 is 24.2 Å². The molecule has 0 aromatic heterocycles. The average molecular weight is 354 g/mol. The first-order valence-electron chi connectivity index (χ1n) is 9.55. The third kappa shape index (κ3) is 17.0. The van der Waals surface area contributed by atoms with Crippen molar-refractivity contribution in [3.8, 4) is 0 Å². The summed E-state index contributed by atoms with van der Waals surface area (Å²) in [4.78, 5) is 33.4. The number of carboxylic acid groups (broad SMARTS) is 1. The van der Waals surface area contributed by atoms with Crippen molar-refractivity contribution in [3.63, 3.8) is 0 Å². The summed E-state index contributed by atoms with van der Waals surface area (Å²) in [5.74, 6) is -0.987. The van der Waals surface area contributed by atoms with Crippen molar-refractivity contribution in [3.05, 3.63) is 12.2 Å². The molecule has 0 spiro atoms. The highest BCUT2D eigenvalue weighted by Gasteiger charge is 2.08. The molecule has 5 nitrogen and oxygen atoms in total. The van der Waals surface area contributed by atoms with Crippen molar-refractivity contribution in [1.29, 1.82) is 0 Å². The summed E-state index contributed by atoms with van der Waals surface area (Å²) < 4.78 is 5.22. The number of carbonyl (C=O) groups is 3. The molecule has 0 saturated carbocycles. The Morgan fingerprint density at radius 1 is 0.920 bits per heavy atom. The van der Waals surface area contributed by atoms with Gasteiger partial charge in [0.2, 0.25) is 0 Å². The zero-order valence-electron chi connectivity index (χ0n) is 15.8. The highest BCUT2D eigenvalue weighted by Crippen LogP contribution is 2.11. The number of esters is 1. The Hall–Kier alpha value is -1.65. The van der Waals surface area contributed by atoms with Gasteiger partial charge in [-0.1, -0.05) is 45.4 Å². The molecule has 0 amide bonds. The molecule has 0 radical (unpaired) electrons. The van der Waals surface area contributed by atoms with Gasteiger partial charge in [0.25, 0.3) is 0 Å². The molecule has 0 rings (SSSR count). The van der Waals surface area contributed by atoms with Gasteiger partial charge in [-0.25, -0.2) is 0 Å². The van der Waals surface area contributed by atoms with Gasteiger partial charge in [-0.2, -0.15) is 0 Å². The van der Waals surface area contributed by atoms with Crippen LogP contribution in [0.15, 0.2) is 12.2 Å². The van der Waals surface area contributed by atoms with Crippen LogP contribution >= 0.6 is 0 Å². The molecule has 0 aliphatic rings. The maximum atomic E-state index is 11.9. The van der Waals surface area contributed by atoms with Crippen molar-refractivity contribution in [2.45, 2.75) is 97.0 Å². The molecule has 0 unspecified atom stereocenters. The number of ketones is 1. The minimum atomic E-state index is -0.737. The van der Waals surface area contributed by atoms with Gasteiger partial charge in [-0.15, -0.1) is 0 Å². The Morgan fingerprint density at radius 2 is 1.52 bits per heavy atom. The second-order valence-corrected chi connectivity index (χ2v) is 6.48. The number of unbranched alkanes of at least 4 members (excludes halogenated alkanes) is 7. The van der Waals surface area contributed by atoms with Crippen LogP contribution in [0.5, 0.6) is 0 Å². The fourth-order valence-corrected chi connectivity index (χ4v) is 2.58. The quantitative estimate of drug-likeness (QED) is 0.244. The molecule has 0 aliphatic carbocycles. The average Bonchev–Trinajstić information content (AvgIpc) is 2.54. The summed E-state index contributed by atoms with van der Waals surface area (Å²) in [6.07, 6.45) is 13.2. The van der Waals surface area contributed by atoms with Crippen LogP contribution < -0.4 is 0 Å². The lowest BCUT2D eigenvalue weighted by molar-refractivity contribution is -0.144. The minimum absolute atomic E-state index is 0.0681. The molecule has 144 valence electrons. The van der Waals surface area contributed by atoms with Crippen molar-refractivity contribution >= 4 is 17.7 Å². The van der Waals surface area contributed by atoms with E-state index in [2.05, 4.69) is 6.92 Å². The summed E-state index contributed by atoms with van der Waals surface area (Å²) in [5.41, 5.74) is 0. The fraction of sp³-hybridized carbons (Fsp3) is 0.750. The van der Waals surface area contributed by atoms with E-state index in [1.165, 1.54) is 6.92 Å². The van der Waals surface area contributed by atoms with Gasteiger partial charge >= 0.3 is 11.9 Å². The van der Waals surface area contributed by atoms with E-state index in [1.807, 2.05) is 0 Å². The molecule has 25 heavy (non-hydrogen) atoms. The summed E-state index contributed by atoms with van der Waals surface area (Å²) >= 11 is 0. The van der Waals surface area contributed by atoms with E-state index in [0.29, 0.717) is 6.42 Å². The van der Waals surface area contributed by atoms with Gasteiger partial charge in [0.1, 0.15) is 6.10 Å². The number of hydrogen-bond donors (Lipinski definition) is 1. The van der Waals surface area contributed by atoms with Crippen LogP contribution in [0.25, 0.3) is 0 Å². The van der Waals surface area contributed by atoms with E-state index in [-0.39, 0.29) is 24.3 Å². The van der Waals surface area contributed by atoms with E-state index in [9.17, 15) is 14.4 Å². The standard InChI is InChI=1S/C20H34O5/c1-3-4-9-13-19(25-17(2)21)16-15-18(22)12-10-7-5-6-8-11-14-20(23)24/h15-16,19H,3-14H2,1-2H3,(H,23,24)/b16-15+/t19-/m1/s1. The van der Waals surface area contributed by atoms with Gasteiger partial charge in [0.05, 0.1) is 0 Å². The summed E-state index contributed by atoms with van der Waals surface area (Å²) in [7, 11) is 0. The lowest BCUT2D eigenvalue weighted by Gasteiger charge is -2.12. The predicted molar refractivity (Wildman–Crippen MR) is 98.4 cm³/mol. The highest BCUT2D eigenvalue weighted by molar-refractivity contribution is 5.89. The zero-order chi connectivity index (χ0) is 18.9. The molecule has 5 heteroatoms. The lowest BCUT2D eigenvalue weighted by atomic mass is 10.1. The van der Waals surface area contributed by atoms with Crippen LogP contribution in [-0.2, 0) is 19.1 Å². The number of hydrogen-bond acceptors (Lipinski definition) is 4. The Bertz CT molecular complexity index is 414. The number of carboxylic acids is 1. The van der Waals surface area contributed by atoms with E-state index in [4.69, 9.17) is 9.84 Å². The van der Waals surface area contributed by atoms with Gasteiger partial charge < -0.3 is 9.84 Å². The molecule has 1 atom stereocenters. The fourth-order valence-electron chi connectivity index (χ4n) is 2.58. The lowest BCUT2D eigenvalue weighted by Crippen LogP contribution is -2.14. The molecule has 0 heterocycles. The van der Waals surface area contributed by atoms with Crippen LogP contribution in [-0.4, -0.2) is 28.9 Å². The van der Waals surface area contributed by atoms with Crippen molar-refractivity contribution in [2.75, 3.05) is 0 Å². The van der Waals surface area contributed by atoms with Crippen LogP contribution in [0, 0.1) is 0 Å². The maximum absolute atomic E-state index is 11.9. The first kappa shape index (κ1) is 23.4. The monoisotopic (exact) mass is 354 g/mol. The molecule has 0 bridgehead atoms. The van der Waals surface area contributed by atoms with E-state index < -0.39 is 5.97 Å². The number of rotatable bonds is 16. The highest BCUT2D eigenvalue weighted by atomic mass is 16.5. The first-order chi connectivity index (χ1) is 12.0. The third-order valence-electron chi connectivity index (χ3n) is 3.97. The van der Waals surface area contributed by atoms with E-state index in [0.717, 1.165) is 64.2 Å². The topological polar surface area (TPSA) is 80.7 Å². The largest absolute Gasteiger partial charge is 0.481 e.